The predicted octanol–water partition coefficient (Wildman–Crippen LogP) is 4.43. The summed E-state index contributed by atoms with van der Waals surface area (Å²) in [6.45, 7) is 1.44. The highest BCUT2D eigenvalue weighted by Gasteiger charge is 2.46. The zero-order valence-corrected chi connectivity index (χ0v) is 18.9. The number of halogens is 5. The van der Waals surface area contributed by atoms with Crippen LogP contribution in [-0.4, -0.2) is 45.8 Å². The van der Waals surface area contributed by atoms with Crippen molar-refractivity contribution < 1.29 is 31.5 Å². The number of nitrogens with zero attached hydrogens (tertiary/aromatic N) is 2. The number of amides is 1. The first-order valence-electron chi connectivity index (χ1n) is 10.9. The van der Waals surface area contributed by atoms with Crippen molar-refractivity contribution in [1.82, 2.24) is 14.9 Å². The highest BCUT2D eigenvalue weighted by atomic mass is 19.3. The maximum atomic E-state index is 14.6. The number of anilines is 1. The van der Waals surface area contributed by atoms with E-state index in [0.717, 1.165) is 6.20 Å². The number of aromatic nitrogens is 2. The lowest BCUT2D eigenvalue weighted by Crippen LogP contribution is -2.52. The van der Waals surface area contributed by atoms with E-state index >= 15 is 0 Å². The number of ether oxygens (including phenoxy) is 1. The number of nitrogens with one attached hydrogen (secondary N) is 2. The van der Waals surface area contributed by atoms with E-state index in [1.165, 1.54) is 30.5 Å². The van der Waals surface area contributed by atoms with E-state index in [2.05, 4.69) is 15.3 Å². The summed E-state index contributed by atoms with van der Waals surface area (Å²) in [6, 6.07) is 5.31. The van der Waals surface area contributed by atoms with Crippen LogP contribution in [0.15, 0.2) is 53.6 Å². The summed E-state index contributed by atoms with van der Waals surface area (Å²) in [5.74, 6) is -9.04. The summed E-state index contributed by atoms with van der Waals surface area (Å²) >= 11 is 0. The van der Waals surface area contributed by atoms with Crippen molar-refractivity contribution in [3.05, 3.63) is 82.2 Å². The molecule has 3 aromatic rings. The number of hydrogen-bond donors (Lipinski definition) is 2. The third-order valence-electron chi connectivity index (χ3n) is 5.97. The summed E-state index contributed by atoms with van der Waals surface area (Å²) in [5.41, 5.74) is -0.137. The van der Waals surface area contributed by atoms with Gasteiger partial charge in [0.1, 0.15) is 17.4 Å². The van der Waals surface area contributed by atoms with Gasteiger partial charge in [-0.1, -0.05) is 6.07 Å². The highest BCUT2D eigenvalue weighted by Crippen LogP contribution is 2.40. The molecule has 2 atom stereocenters. The molecule has 2 N–H and O–H groups in total. The minimum Gasteiger partial charge on any atom is -0.450 e. The molecule has 1 aliphatic heterocycles. The molecule has 0 spiro atoms. The number of rotatable bonds is 6. The molecule has 1 aliphatic rings. The lowest BCUT2D eigenvalue weighted by Gasteiger charge is -2.40. The molecule has 0 unspecified atom stereocenters. The molecule has 190 valence electrons. The predicted molar refractivity (Wildman–Crippen MR) is 120 cm³/mol. The monoisotopic (exact) mass is 508 g/mol. The second-order valence-corrected chi connectivity index (χ2v) is 8.39. The Morgan fingerprint density at radius 1 is 1.19 bits per heavy atom. The van der Waals surface area contributed by atoms with Gasteiger partial charge in [-0.3, -0.25) is 14.5 Å². The van der Waals surface area contributed by atoms with E-state index in [9.17, 15) is 31.5 Å². The third-order valence-corrected chi connectivity index (χ3v) is 5.97. The Labute approximate surface area is 201 Å². The average Bonchev–Trinajstić information content (AvgIpc) is 2.82. The first-order chi connectivity index (χ1) is 17.0. The molecule has 1 amide bonds. The maximum absolute atomic E-state index is 14.6. The number of carbonyl (C=O) groups excluding carboxylic acids is 1. The molecule has 3 heterocycles. The SMILES string of the molecule is C[C@@H](C(=O)Nc1ccc(Oc2c(F)cc(F)cc2F)cn1)N1CCC(F)(F)[C@@H](c2ccc(=O)[nH]c2)C1. The Balaban J connectivity index is 1.40. The van der Waals surface area contributed by atoms with Gasteiger partial charge in [0.05, 0.1) is 18.2 Å². The molecule has 2 aromatic heterocycles. The van der Waals surface area contributed by atoms with E-state index < -0.39 is 59.0 Å². The number of hydrogen-bond acceptors (Lipinski definition) is 5. The fraction of sp³-hybridized carbons (Fsp3) is 0.292. The van der Waals surface area contributed by atoms with E-state index in [0.29, 0.717) is 12.1 Å². The molecule has 1 saturated heterocycles. The lowest BCUT2D eigenvalue weighted by molar-refractivity contribution is -0.125. The summed E-state index contributed by atoms with van der Waals surface area (Å²) < 4.78 is 74.9. The van der Waals surface area contributed by atoms with Gasteiger partial charge < -0.3 is 15.0 Å². The Morgan fingerprint density at radius 3 is 2.53 bits per heavy atom. The summed E-state index contributed by atoms with van der Waals surface area (Å²) in [7, 11) is 0. The number of aromatic amines is 1. The van der Waals surface area contributed by atoms with Gasteiger partial charge in [-0.05, 0) is 24.6 Å². The Bertz CT molecular complexity index is 1270. The highest BCUT2D eigenvalue weighted by molar-refractivity contribution is 5.93. The van der Waals surface area contributed by atoms with Crippen LogP contribution in [0.25, 0.3) is 0 Å². The molecule has 0 saturated carbocycles. The van der Waals surface area contributed by atoms with Gasteiger partial charge in [0, 0.05) is 43.9 Å². The van der Waals surface area contributed by atoms with Crippen molar-refractivity contribution >= 4 is 11.7 Å². The van der Waals surface area contributed by atoms with Crippen LogP contribution in [-0.2, 0) is 4.79 Å². The molecule has 1 aromatic carbocycles. The van der Waals surface area contributed by atoms with Crippen molar-refractivity contribution in [2.75, 3.05) is 18.4 Å². The molecule has 1 fully saturated rings. The van der Waals surface area contributed by atoms with Crippen LogP contribution in [0.3, 0.4) is 0 Å². The van der Waals surface area contributed by atoms with Crippen molar-refractivity contribution in [1.29, 1.82) is 0 Å². The molecule has 12 heteroatoms. The fourth-order valence-corrected chi connectivity index (χ4v) is 3.92. The molecular formula is C24H21F5N4O3. The Morgan fingerprint density at radius 2 is 1.92 bits per heavy atom. The van der Waals surface area contributed by atoms with Gasteiger partial charge in [0.15, 0.2) is 17.4 Å². The molecule has 0 aliphatic carbocycles. The first-order valence-corrected chi connectivity index (χ1v) is 10.9. The molecule has 36 heavy (non-hydrogen) atoms. The van der Waals surface area contributed by atoms with Crippen molar-refractivity contribution in [3.8, 4) is 11.5 Å². The second kappa shape index (κ2) is 10.1. The van der Waals surface area contributed by atoms with E-state index in [1.807, 2.05) is 0 Å². The van der Waals surface area contributed by atoms with E-state index in [1.54, 1.807) is 11.8 Å². The summed E-state index contributed by atoms with van der Waals surface area (Å²) in [5, 5.41) is 2.56. The molecule has 4 rings (SSSR count). The fourth-order valence-electron chi connectivity index (χ4n) is 3.92. The van der Waals surface area contributed by atoms with Crippen LogP contribution in [0.1, 0.15) is 24.8 Å². The van der Waals surface area contributed by atoms with Gasteiger partial charge >= 0.3 is 0 Å². The number of benzene rings is 1. The maximum Gasteiger partial charge on any atom is 0.257 e. The molecule has 7 nitrogen and oxygen atoms in total. The smallest absolute Gasteiger partial charge is 0.257 e. The zero-order valence-electron chi connectivity index (χ0n) is 18.9. The number of H-pyrrole nitrogens is 1. The number of pyridine rings is 2. The normalized spacial score (nSPS) is 18.4. The first kappa shape index (κ1) is 25.3. The van der Waals surface area contributed by atoms with Crippen LogP contribution < -0.4 is 15.6 Å². The third kappa shape index (κ3) is 5.54. The van der Waals surface area contributed by atoms with Crippen LogP contribution in [0.5, 0.6) is 11.5 Å². The number of alkyl halides is 2. The van der Waals surface area contributed by atoms with Crippen LogP contribution in [0, 0.1) is 17.5 Å². The summed E-state index contributed by atoms with van der Waals surface area (Å²) in [4.78, 5) is 32.0. The van der Waals surface area contributed by atoms with Crippen LogP contribution in [0.2, 0.25) is 0 Å². The quantitative estimate of drug-likeness (QED) is 0.481. The topological polar surface area (TPSA) is 87.3 Å². The number of carbonyl (C=O) groups is 1. The van der Waals surface area contributed by atoms with Crippen molar-refractivity contribution in [2.45, 2.75) is 31.2 Å². The lowest BCUT2D eigenvalue weighted by atomic mass is 9.87. The number of likely N-dealkylation sites (tertiary alicyclic amines) is 1. The van der Waals surface area contributed by atoms with Crippen LogP contribution in [0.4, 0.5) is 27.8 Å². The molecule has 0 radical (unpaired) electrons. The van der Waals surface area contributed by atoms with Gasteiger partial charge in [0.2, 0.25) is 11.5 Å². The standard InChI is InChI=1S/C24H21F5N4O3/c1-13(33-7-6-24(28,29)17(12-33)14-2-5-21(34)31-10-14)23(35)32-20-4-3-16(11-30-20)36-22-18(26)8-15(25)9-19(22)27/h2-5,8-11,13,17H,6-7,12H2,1H3,(H,31,34)(H,30,32,35)/t13-,17+/m0/s1. The van der Waals surface area contributed by atoms with E-state index in [-0.39, 0.29) is 30.2 Å². The average molecular weight is 508 g/mol. The van der Waals surface area contributed by atoms with Crippen molar-refractivity contribution in [2.24, 2.45) is 0 Å². The molecule has 0 bridgehead atoms. The zero-order chi connectivity index (χ0) is 26.0. The van der Waals surface area contributed by atoms with Gasteiger partial charge in [0.25, 0.3) is 5.92 Å². The van der Waals surface area contributed by atoms with Gasteiger partial charge in [-0.2, -0.15) is 0 Å². The second-order valence-electron chi connectivity index (χ2n) is 8.39. The Kier molecular flexibility index (Phi) is 7.07. The largest absolute Gasteiger partial charge is 0.450 e. The van der Waals surface area contributed by atoms with Gasteiger partial charge in [-0.15, -0.1) is 0 Å². The minimum atomic E-state index is -3.01. The summed E-state index contributed by atoms with van der Waals surface area (Å²) in [6.07, 6.45) is 1.90. The molecular weight excluding hydrogens is 487 g/mol. The minimum absolute atomic E-state index is 0.0174. The van der Waals surface area contributed by atoms with Gasteiger partial charge in [-0.25, -0.2) is 26.9 Å². The van der Waals surface area contributed by atoms with E-state index in [4.69, 9.17) is 4.74 Å². The Hall–Kier alpha value is -3.80. The van der Waals surface area contributed by atoms with Crippen molar-refractivity contribution in [3.63, 3.8) is 0 Å². The number of piperidine rings is 1. The van der Waals surface area contributed by atoms with Crippen LogP contribution >= 0.6 is 0 Å².